The maximum Gasteiger partial charge on any atom is 0.246 e. The molecule has 164 valence electrons. The second-order valence-electron chi connectivity index (χ2n) is 7.50. The van der Waals surface area contributed by atoms with Gasteiger partial charge < -0.3 is 26.6 Å². The topological polar surface area (TPSA) is 151 Å². The molecule has 5 amide bonds. The molecule has 1 rings (SSSR count). The van der Waals surface area contributed by atoms with Crippen molar-refractivity contribution < 1.29 is 24.0 Å². The molecule has 1 saturated heterocycles. The standard InChI is InChI=1S/C18H31N5O5S/c1-10(2)7-12(16(26)20-8-15(19)25)22-17(27)14-5-4-6-23(14)18(28)13(9-29)21-11(3)24/h10,12-14,29H,4-9H2,1-3H3,(H2,19,25)(H,20,26)(H,21,24)(H,22,27)/t12-,13-,14-/m0/s1. The predicted molar refractivity (Wildman–Crippen MR) is 110 cm³/mol. The highest BCUT2D eigenvalue weighted by Gasteiger charge is 2.38. The SMILES string of the molecule is CC(=O)N[C@@H](CS)C(=O)N1CCC[C@H]1C(=O)N[C@@H](CC(C)C)C(=O)NCC(N)=O. The molecule has 29 heavy (non-hydrogen) atoms. The smallest absolute Gasteiger partial charge is 0.246 e. The molecule has 1 aliphatic heterocycles. The van der Waals surface area contributed by atoms with Crippen LogP contribution in [0.25, 0.3) is 0 Å². The van der Waals surface area contributed by atoms with E-state index in [0.29, 0.717) is 25.8 Å². The molecule has 0 bridgehead atoms. The molecule has 1 heterocycles. The molecule has 0 unspecified atom stereocenters. The number of likely N-dealkylation sites (tertiary alicyclic amines) is 1. The molecule has 5 N–H and O–H groups in total. The first kappa shape index (κ1) is 24.7. The summed E-state index contributed by atoms with van der Waals surface area (Å²) in [7, 11) is 0. The Morgan fingerprint density at radius 2 is 1.79 bits per heavy atom. The van der Waals surface area contributed by atoms with E-state index in [-0.39, 0.29) is 30.0 Å². The van der Waals surface area contributed by atoms with Gasteiger partial charge >= 0.3 is 0 Å². The average molecular weight is 430 g/mol. The Hall–Kier alpha value is -2.30. The minimum atomic E-state index is -0.851. The van der Waals surface area contributed by atoms with Crippen LogP contribution in [0.2, 0.25) is 0 Å². The molecule has 10 nitrogen and oxygen atoms in total. The summed E-state index contributed by atoms with van der Waals surface area (Å²) in [5, 5.41) is 7.63. The van der Waals surface area contributed by atoms with Crippen LogP contribution in [-0.2, 0) is 24.0 Å². The van der Waals surface area contributed by atoms with E-state index in [4.69, 9.17) is 5.73 Å². The van der Waals surface area contributed by atoms with Crippen molar-refractivity contribution in [2.24, 2.45) is 11.7 Å². The minimum Gasteiger partial charge on any atom is -0.368 e. The number of hydrogen-bond acceptors (Lipinski definition) is 6. The number of nitrogens with one attached hydrogen (secondary N) is 3. The predicted octanol–water partition coefficient (Wildman–Crippen LogP) is -1.46. The summed E-state index contributed by atoms with van der Waals surface area (Å²) in [6.45, 7) is 5.16. The molecule has 0 radical (unpaired) electrons. The van der Waals surface area contributed by atoms with Gasteiger partial charge in [0, 0.05) is 19.2 Å². The van der Waals surface area contributed by atoms with E-state index in [1.807, 2.05) is 13.8 Å². The summed E-state index contributed by atoms with van der Waals surface area (Å²) in [6.07, 6.45) is 1.45. The lowest BCUT2D eigenvalue weighted by molar-refractivity contribution is -0.141. The van der Waals surface area contributed by atoms with Gasteiger partial charge in [-0.15, -0.1) is 0 Å². The van der Waals surface area contributed by atoms with Gasteiger partial charge in [-0.25, -0.2) is 0 Å². The number of hydrogen-bond donors (Lipinski definition) is 5. The van der Waals surface area contributed by atoms with Gasteiger partial charge in [0.25, 0.3) is 0 Å². The largest absolute Gasteiger partial charge is 0.368 e. The van der Waals surface area contributed by atoms with E-state index in [0.717, 1.165) is 0 Å². The van der Waals surface area contributed by atoms with Gasteiger partial charge in [-0.3, -0.25) is 24.0 Å². The number of nitrogens with zero attached hydrogens (tertiary/aromatic N) is 1. The summed E-state index contributed by atoms with van der Waals surface area (Å²) in [4.78, 5) is 61.6. The zero-order valence-electron chi connectivity index (χ0n) is 17.1. The summed E-state index contributed by atoms with van der Waals surface area (Å²) < 4.78 is 0. The van der Waals surface area contributed by atoms with Gasteiger partial charge in [0.15, 0.2) is 0 Å². The van der Waals surface area contributed by atoms with Crippen molar-refractivity contribution in [2.45, 2.75) is 58.2 Å². The lowest BCUT2D eigenvalue weighted by Gasteiger charge is -2.29. The number of primary amides is 1. The second kappa shape index (κ2) is 11.6. The Kier molecular flexibility index (Phi) is 9.93. The van der Waals surface area contributed by atoms with Crippen molar-refractivity contribution in [3.05, 3.63) is 0 Å². The number of amides is 5. The van der Waals surface area contributed by atoms with E-state index >= 15 is 0 Å². The van der Waals surface area contributed by atoms with Crippen molar-refractivity contribution in [3.8, 4) is 0 Å². The zero-order chi connectivity index (χ0) is 22.1. The van der Waals surface area contributed by atoms with Crippen LogP contribution in [0.4, 0.5) is 0 Å². The van der Waals surface area contributed by atoms with Crippen LogP contribution in [0.1, 0.15) is 40.0 Å². The van der Waals surface area contributed by atoms with Gasteiger partial charge in [-0.05, 0) is 25.2 Å². The molecule has 0 aromatic heterocycles. The van der Waals surface area contributed by atoms with Crippen molar-refractivity contribution in [1.29, 1.82) is 0 Å². The van der Waals surface area contributed by atoms with E-state index in [1.165, 1.54) is 11.8 Å². The molecule has 0 aromatic carbocycles. The van der Waals surface area contributed by atoms with E-state index in [2.05, 4.69) is 28.6 Å². The highest BCUT2D eigenvalue weighted by molar-refractivity contribution is 7.80. The molecule has 0 spiro atoms. The quantitative estimate of drug-likeness (QED) is 0.269. The van der Waals surface area contributed by atoms with E-state index in [1.54, 1.807) is 0 Å². The van der Waals surface area contributed by atoms with Crippen molar-refractivity contribution in [1.82, 2.24) is 20.9 Å². The molecule has 1 aliphatic rings. The van der Waals surface area contributed by atoms with Crippen LogP contribution in [0.15, 0.2) is 0 Å². The first-order valence-corrected chi connectivity index (χ1v) is 10.2. The lowest BCUT2D eigenvalue weighted by Crippen LogP contribution is -2.57. The number of carbonyl (C=O) groups excluding carboxylic acids is 5. The van der Waals surface area contributed by atoms with Gasteiger partial charge in [-0.2, -0.15) is 12.6 Å². The second-order valence-corrected chi connectivity index (χ2v) is 7.87. The molecule has 0 saturated carbocycles. The summed E-state index contributed by atoms with van der Waals surface area (Å²) in [6, 6.07) is -2.41. The minimum absolute atomic E-state index is 0.106. The molecular formula is C18H31N5O5S. The van der Waals surface area contributed by atoms with E-state index in [9.17, 15) is 24.0 Å². The van der Waals surface area contributed by atoms with Gasteiger partial charge in [0.05, 0.1) is 6.54 Å². The van der Waals surface area contributed by atoms with E-state index < -0.39 is 35.8 Å². The third-order valence-electron chi connectivity index (χ3n) is 4.47. The third kappa shape index (κ3) is 7.92. The Labute approximate surface area is 176 Å². The van der Waals surface area contributed by atoms with Crippen LogP contribution in [0.3, 0.4) is 0 Å². The molecule has 0 aromatic rings. The van der Waals surface area contributed by atoms with Gasteiger partial charge in [0.1, 0.15) is 18.1 Å². The van der Waals surface area contributed by atoms with Crippen molar-refractivity contribution in [2.75, 3.05) is 18.8 Å². The molecule has 3 atom stereocenters. The molecule has 0 aliphatic carbocycles. The van der Waals surface area contributed by atoms with Crippen LogP contribution >= 0.6 is 12.6 Å². The van der Waals surface area contributed by atoms with Crippen LogP contribution in [-0.4, -0.2) is 71.4 Å². The number of nitrogens with two attached hydrogens (primary N) is 1. The van der Waals surface area contributed by atoms with Crippen LogP contribution in [0, 0.1) is 5.92 Å². The Morgan fingerprint density at radius 1 is 1.14 bits per heavy atom. The lowest BCUT2D eigenvalue weighted by atomic mass is 10.0. The molecule has 11 heteroatoms. The third-order valence-corrected chi connectivity index (χ3v) is 4.84. The Bertz CT molecular complexity index is 642. The fourth-order valence-electron chi connectivity index (χ4n) is 3.20. The van der Waals surface area contributed by atoms with Gasteiger partial charge in [0.2, 0.25) is 29.5 Å². The van der Waals surface area contributed by atoms with Crippen molar-refractivity contribution in [3.63, 3.8) is 0 Å². The number of carbonyl (C=O) groups is 5. The zero-order valence-corrected chi connectivity index (χ0v) is 18.0. The Morgan fingerprint density at radius 3 is 2.31 bits per heavy atom. The van der Waals surface area contributed by atoms with Crippen molar-refractivity contribution >= 4 is 42.2 Å². The maximum atomic E-state index is 12.8. The first-order chi connectivity index (χ1) is 13.6. The number of rotatable bonds is 10. The molecular weight excluding hydrogens is 398 g/mol. The highest BCUT2D eigenvalue weighted by atomic mass is 32.1. The number of thiol groups is 1. The Balaban J connectivity index is 2.86. The van der Waals surface area contributed by atoms with Gasteiger partial charge in [-0.1, -0.05) is 13.8 Å². The summed E-state index contributed by atoms with van der Waals surface area (Å²) >= 11 is 4.11. The molecule has 1 fully saturated rings. The monoisotopic (exact) mass is 429 g/mol. The first-order valence-electron chi connectivity index (χ1n) is 9.61. The summed E-state index contributed by atoms with van der Waals surface area (Å²) in [5.74, 6) is -2.17. The fraction of sp³-hybridized carbons (Fsp3) is 0.722. The average Bonchev–Trinajstić information content (AvgIpc) is 3.12. The van der Waals surface area contributed by atoms with Crippen LogP contribution < -0.4 is 21.7 Å². The normalized spacial score (nSPS) is 18.1. The fourth-order valence-corrected chi connectivity index (χ4v) is 3.45. The highest BCUT2D eigenvalue weighted by Crippen LogP contribution is 2.19. The maximum absolute atomic E-state index is 12.8. The summed E-state index contributed by atoms with van der Waals surface area (Å²) in [5.41, 5.74) is 5.05. The van der Waals surface area contributed by atoms with Crippen LogP contribution in [0.5, 0.6) is 0 Å².